The van der Waals surface area contributed by atoms with Crippen molar-refractivity contribution in [2.75, 3.05) is 5.32 Å². The van der Waals surface area contributed by atoms with E-state index in [-0.39, 0.29) is 15.7 Å². The first kappa shape index (κ1) is 17.2. The maximum absolute atomic E-state index is 12.0. The molecule has 0 radical (unpaired) electrons. The van der Waals surface area contributed by atoms with Gasteiger partial charge in [0.05, 0.1) is 15.0 Å². The number of aromatic amines is 1. The highest BCUT2D eigenvalue weighted by Crippen LogP contribution is 2.45. The van der Waals surface area contributed by atoms with Crippen LogP contribution in [-0.4, -0.2) is 26.2 Å². The minimum Gasteiger partial charge on any atom is -0.478 e. The maximum Gasteiger partial charge on any atom is 0.334 e. The molecule has 1 atom stereocenters. The Morgan fingerprint density at radius 1 is 1.44 bits per heavy atom. The molecule has 1 aliphatic rings. The minimum atomic E-state index is -1.06. The van der Waals surface area contributed by atoms with Crippen molar-refractivity contribution in [1.29, 1.82) is 0 Å². The number of nitro groups is 1. The van der Waals surface area contributed by atoms with E-state index < -0.39 is 16.8 Å². The lowest BCUT2D eigenvalue weighted by atomic mass is 9.82. The van der Waals surface area contributed by atoms with Crippen molar-refractivity contribution in [2.45, 2.75) is 25.7 Å². The van der Waals surface area contributed by atoms with Gasteiger partial charge in [0.25, 0.3) is 5.69 Å². The van der Waals surface area contributed by atoms with Crippen molar-refractivity contribution in [3.63, 3.8) is 0 Å². The average Bonchev–Trinajstić information content (AvgIpc) is 3.02. The highest BCUT2D eigenvalue weighted by molar-refractivity contribution is 9.10. The molecule has 2 aromatic rings. The molecule has 0 fully saturated rings. The van der Waals surface area contributed by atoms with Crippen LogP contribution in [0.4, 0.5) is 11.5 Å². The Balaban J connectivity index is 2.27. The highest BCUT2D eigenvalue weighted by atomic mass is 79.9. The van der Waals surface area contributed by atoms with Gasteiger partial charge in [0.2, 0.25) is 0 Å². The Labute approximate surface area is 151 Å². The monoisotopic (exact) mass is 406 g/mol. The molecule has 1 unspecified atom stereocenters. The summed E-state index contributed by atoms with van der Waals surface area (Å²) in [6.45, 7) is 1.95. The number of rotatable bonds is 5. The number of fused-ring (bicyclic) bond motifs is 1. The number of benzene rings is 1. The summed E-state index contributed by atoms with van der Waals surface area (Å²) in [5.74, 6) is -1.19. The van der Waals surface area contributed by atoms with Crippen LogP contribution in [0, 0.1) is 10.1 Å². The molecule has 0 saturated heterocycles. The van der Waals surface area contributed by atoms with Crippen LogP contribution < -0.4 is 5.32 Å². The number of H-pyrrole nitrogens is 1. The van der Waals surface area contributed by atoms with Gasteiger partial charge in [-0.25, -0.2) is 4.79 Å². The molecular formula is C16H15BrN4O4. The molecular weight excluding hydrogens is 392 g/mol. The van der Waals surface area contributed by atoms with E-state index in [0.717, 1.165) is 6.42 Å². The molecule has 0 bridgehead atoms. The van der Waals surface area contributed by atoms with E-state index in [9.17, 15) is 20.0 Å². The van der Waals surface area contributed by atoms with Gasteiger partial charge in [-0.3, -0.25) is 15.2 Å². The Hall–Kier alpha value is -2.68. The number of aromatic nitrogens is 2. The first-order chi connectivity index (χ1) is 12.0. The SMILES string of the molecule is CCCC1=C(C(=O)O)C(c2cccc([N+](=O)[O-])c2Br)c2c[nH]nc2N1. The molecule has 0 aliphatic carbocycles. The van der Waals surface area contributed by atoms with Gasteiger partial charge < -0.3 is 10.4 Å². The molecule has 130 valence electrons. The van der Waals surface area contributed by atoms with Crippen molar-refractivity contribution in [3.8, 4) is 0 Å². The van der Waals surface area contributed by atoms with Gasteiger partial charge in [-0.05, 0) is 27.9 Å². The number of nitro benzene ring substituents is 1. The summed E-state index contributed by atoms with van der Waals surface area (Å²) in [7, 11) is 0. The summed E-state index contributed by atoms with van der Waals surface area (Å²) in [5, 5.41) is 31.0. The zero-order valence-corrected chi connectivity index (χ0v) is 14.8. The van der Waals surface area contributed by atoms with Gasteiger partial charge in [-0.2, -0.15) is 5.10 Å². The number of hydrogen-bond acceptors (Lipinski definition) is 5. The quantitative estimate of drug-likeness (QED) is 0.512. The first-order valence-corrected chi connectivity index (χ1v) is 8.44. The second kappa shape index (κ2) is 6.67. The van der Waals surface area contributed by atoms with Gasteiger partial charge >= 0.3 is 5.97 Å². The van der Waals surface area contributed by atoms with Gasteiger partial charge in [-0.1, -0.05) is 25.5 Å². The molecule has 3 N–H and O–H groups in total. The molecule has 25 heavy (non-hydrogen) atoms. The lowest BCUT2D eigenvalue weighted by Gasteiger charge is -2.27. The fourth-order valence-corrected chi connectivity index (χ4v) is 3.72. The van der Waals surface area contributed by atoms with Crippen molar-refractivity contribution in [2.24, 2.45) is 0 Å². The third kappa shape index (κ3) is 2.91. The van der Waals surface area contributed by atoms with Crippen LogP contribution in [0.5, 0.6) is 0 Å². The van der Waals surface area contributed by atoms with Gasteiger partial charge in [-0.15, -0.1) is 0 Å². The fraction of sp³-hybridized carbons (Fsp3) is 0.250. The molecule has 1 aromatic carbocycles. The number of carboxylic acid groups (broad SMARTS) is 1. The standard InChI is InChI=1S/C16H15BrN4O4/c1-2-4-10-13(16(22)23)12(9-7-18-20-15(9)19-10)8-5-3-6-11(14(8)17)21(24)25/h3,5-7,12H,2,4H2,1H3,(H,22,23)(H2,18,19,20). The van der Waals surface area contributed by atoms with Crippen LogP contribution in [0.3, 0.4) is 0 Å². The predicted molar refractivity (Wildman–Crippen MR) is 94.4 cm³/mol. The van der Waals surface area contributed by atoms with Crippen molar-refractivity contribution >= 4 is 33.4 Å². The van der Waals surface area contributed by atoms with E-state index in [2.05, 4.69) is 31.4 Å². The molecule has 9 heteroatoms. The zero-order valence-electron chi connectivity index (χ0n) is 13.2. The van der Waals surface area contributed by atoms with Crippen LogP contribution in [0.1, 0.15) is 36.8 Å². The fourth-order valence-electron chi connectivity index (χ4n) is 3.08. The number of aliphatic carboxylic acids is 1. The number of carbonyl (C=O) groups is 1. The van der Waals surface area contributed by atoms with Crippen molar-refractivity contribution < 1.29 is 14.8 Å². The number of halogens is 1. The van der Waals surface area contributed by atoms with E-state index in [0.29, 0.717) is 29.1 Å². The number of anilines is 1. The van der Waals surface area contributed by atoms with Crippen molar-refractivity contribution in [3.05, 3.63) is 61.4 Å². The summed E-state index contributed by atoms with van der Waals surface area (Å²) in [6.07, 6.45) is 2.91. The lowest BCUT2D eigenvalue weighted by molar-refractivity contribution is -0.385. The third-order valence-electron chi connectivity index (χ3n) is 4.11. The molecule has 0 amide bonds. The molecule has 1 aromatic heterocycles. The van der Waals surface area contributed by atoms with E-state index in [1.54, 1.807) is 18.3 Å². The number of carboxylic acids is 1. The summed E-state index contributed by atoms with van der Waals surface area (Å²) in [6, 6.07) is 4.62. The predicted octanol–water partition coefficient (Wildman–Crippen LogP) is 3.78. The van der Waals surface area contributed by atoms with Crippen LogP contribution in [-0.2, 0) is 4.79 Å². The number of allylic oxidation sites excluding steroid dienone is 1. The second-order valence-corrected chi connectivity index (χ2v) is 6.43. The van der Waals surface area contributed by atoms with E-state index in [1.165, 1.54) is 6.07 Å². The van der Waals surface area contributed by atoms with Crippen LogP contribution in [0.25, 0.3) is 0 Å². The molecule has 1 aliphatic heterocycles. The normalized spacial score (nSPS) is 16.3. The summed E-state index contributed by atoms with van der Waals surface area (Å²) < 4.78 is 0.272. The molecule has 0 saturated carbocycles. The Kier molecular flexibility index (Phi) is 4.58. The topological polar surface area (TPSA) is 121 Å². The van der Waals surface area contributed by atoms with Gasteiger partial charge in [0, 0.05) is 29.4 Å². The van der Waals surface area contributed by atoms with Crippen LogP contribution >= 0.6 is 15.9 Å². The van der Waals surface area contributed by atoms with Crippen LogP contribution in [0.2, 0.25) is 0 Å². The molecule has 2 heterocycles. The molecule has 8 nitrogen and oxygen atoms in total. The molecule has 0 spiro atoms. The number of hydrogen-bond donors (Lipinski definition) is 3. The van der Waals surface area contributed by atoms with E-state index in [1.807, 2.05) is 6.92 Å². The second-order valence-electron chi connectivity index (χ2n) is 5.63. The smallest absolute Gasteiger partial charge is 0.334 e. The number of nitrogens with zero attached hydrogens (tertiary/aromatic N) is 2. The largest absolute Gasteiger partial charge is 0.478 e. The van der Waals surface area contributed by atoms with Crippen LogP contribution in [0.15, 0.2) is 40.1 Å². The highest BCUT2D eigenvalue weighted by Gasteiger charge is 2.36. The first-order valence-electron chi connectivity index (χ1n) is 7.65. The third-order valence-corrected chi connectivity index (χ3v) is 4.97. The number of nitrogens with one attached hydrogen (secondary N) is 2. The summed E-state index contributed by atoms with van der Waals surface area (Å²) >= 11 is 3.28. The zero-order chi connectivity index (χ0) is 18.1. The Morgan fingerprint density at radius 3 is 2.84 bits per heavy atom. The van der Waals surface area contributed by atoms with E-state index >= 15 is 0 Å². The summed E-state index contributed by atoms with van der Waals surface area (Å²) in [5.41, 5.74) is 1.79. The van der Waals surface area contributed by atoms with E-state index in [4.69, 9.17) is 0 Å². The Bertz CT molecular complexity index is 890. The average molecular weight is 407 g/mol. The lowest BCUT2D eigenvalue weighted by Crippen LogP contribution is -2.23. The summed E-state index contributed by atoms with van der Waals surface area (Å²) in [4.78, 5) is 22.8. The maximum atomic E-state index is 12.0. The minimum absolute atomic E-state index is 0.108. The van der Waals surface area contributed by atoms with Crippen molar-refractivity contribution in [1.82, 2.24) is 10.2 Å². The Morgan fingerprint density at radius 2 is 2.20 bits per heavy atom. The molecule has 3 rings (SSSR count). The van der Waals surface area contributed by atoms with Gasteiger partial charge in [0.1, 0.15) is 0 Å². The van der Waals surface area contributed by atoms with Gasteiger partial charge in [0.15, 0.2) is 5.82 Å².